The van der Waals surface area contributed by atoms with Crippen LogP contribution < -0.4 is 0 Å². The van der Waals surface area contributed by atoms with Gasteiger partial charge in [0, 0.05) is 6.42 Å². The quantitative estimate of drug-likeness (QED) is 0.448. The van der Waals surface area contributed by atoms with Crippen molar-refractivity contribution >= 4 is 24.0 Å². The highest BCUT2D eigenvalue weighted by atomic mass is 79.9. The molecular weight excluding hydrogens is 423 g/mol. The first-order valence-corrected chi connectivity index (χ1v) is 11.6. The van der Waals surface area contributed by atoms with E-state index in [0.717, 1.165) is 22.9 Å². The number of aryl methyl sites for hydroxylation is 3. The Bertz CT molecular complexity index is 808. The molecule has 2 aromatic carbocycles. The average molecular weight is 452 g/mol. The molecule has 146 valence electrons. The molecule has 1 unspecified atom stereocenters. The van der Waals surface area contributed by atoms with Crippen LogP contribution in [0, 0.1) is 13.8 Å². The van der Waals surface area contributed by atoms with E-state index in [2.05, 4.69) is 61.8 Å². The maximum absolute atomic E-state index is 11.7. The summed E-state index contributed by atoms with van der Waals surface area (Å²) >= 11 is 3.48. The topological polar surface area (TPSA) is 46.5 Å². The Morgan fingerprint density at radius 2 is 1.74 bits per heavy atom. The van der Waals surface area contributed by atoms with Crippen LogP contribution in [0.1, 0.15) is 60.1 Å². The zero-order chi connectivity index (χ0) is 20.1. The lowest BCUT2D eigenvalue weighted by Crippen LogP contribution is -2.01. The Labute approximate surface area is 172 Å². The number of rotatable bonds is 8. The monoisotopic (exact) mass is 451 g/mol. The van der Waals surface area contributed by atoms with Crippen LogP contribution in [-0.4, -0.2) is 17.9 Å². The van der Waals surface area contributed by atoms with Gasteiger partial charge in [-0.2, -0.15) is 0 Å². The molecule has 5 heteroatoms. The Hall–Kier alpha value is -1.22. The van der Waals surface area contributed by atoms with Gasteiger partial charge in [-0.1, -0.05) is 32.0 Å². The minimum atomic E-state index is -1.57. The van der Waals surface area contributed by atoms with E-state index in [1.165, 1.54) is 27.8 Å². The standard InChI is InChI=1S/C22H28BrO3P/c1-6-26-27(25)8-7-17-9-15(4)20(16(5)10-17)12-18-11-19(14(2)3)22(24)21(23)13-18/h9-11,13-14H,6-8,12H2,1-5H3/p+1. The predicted octanol–water partition coefficient (Wildman–Crippen LogP) is 6.81. The highest BCUT2D eigenvalue weighted by Gasteiger charge is 2.17. The van der Waals surface area contributed by atoms with Crippen molar-refractivity contribution in [3.05, 3.63) is 62.1 Å². The van der Waals surface area contributed by atoms with E-state index in [1.54, 1.807) is 0 Å². The predicted molar refractivity (Wildman–Crippen MR) is 116 cm³/mol. The smallest absolute Gasteiger partial charge is 0.506 e. The summed E-state index contributed by atoms with van der Waals surface area (Å²) in [7, 11) is -1.57. The van der Waals surface area contributed by atoms with E-state index in [4.69, 9.17) is 4.52 Å². The Balaban J connectivity index is 2.24. The fourth-order valence-electron chi connectivity index (χ4n) is 3.36. The third-order valence-electron chi connectivity index (χ3n) is 4.77. The number of hydrogen-bond donors (Lipinski definition) is 1. The van der Waals surface area contributed by atoms with Crippen LogP contribution in [0.4, 0.5) is 0 Å². The molecule has 0 aliphatic rings. The lowest BCUT2D eigenvalue weighted by molar-refractivity contribution is 0.350. The van der Waals surface area contributed by atoms with Crippen LogP contribution in [0.15, 0.2) is 28.7 Å². The van der Waals surface area contributed by atoms with E-state index in [9.17, 15) is 9.67 Å². The molecular formula is C22H29BrO3P+. The Morgan fingerprint density at radius 1 is 1.11 bits per heavy atom. The molecule has 0 bridgehead atoms. The van der Waals surface area contributed by atoms with Crippen LogP contribution >= 0.6 is 24.0 Å². The molecule has 0 aliphatic carbocycles. The minimum Gasteiger partial charge on any atom is -0.506 e. The lowest BCUT2D eigenvalue weighted by atomic mass is 9.91. The van der Waals surface area contributed by atoms with Gasteiger partial charge in [0.15, 0.2) is 6.16 Å². The van der Waals surface area contributed by atoms with Gasteiger partial charge in [-0.15, -0.1) is 4.52 Å². The van der Waals surface area contributed by atoms with Crippen LogP contribution in [0.2, 0.25) is 0 Å². The zero-order valence-corrected chi connectivity index (χ0v) is 19.3. The van der Waals surface area contributed by atoms with Gasteiger partial charge < -0.3 is 5.11 Å². The fraction of sp³-hybridized carbons (Fsp3) is 0.455. The first-order chi connectivity index (χ1) is 12.7. The molecule has 0 aliphatic heterocycles. The van der Waals surface area contributed by atoms with Gasteiger partial charge in [-0.05, 0) is 93.1 Å². The second-order valence-corrected chi connectivity index (χ2v) is 9.50. The molecule has 0 amide bonds. The summed E-state index contributed by atoms with van der Waals surface area (Å²) < 4.78 is 17.6. The number of phenols is 1. The fourth-order valence-corrected chi connectivity index (χ4v) is 4.74. The molecule has 3 nitrogen and oxygen atoms in total. The third kappa shape index (κ3) is 5.88. The zero-order valence-electron chi connectivity index (χ0n) is 16.8. The number of halogens is 1. The first-order valence-electron chi connectivity index (χ1n) is 9.40. The van der Waals surface area contributed by atoms with Gasteiger partial charge >= 0.3 is 8.03 Å². The molecule has 2 aromatic rings. The molecule has 0 aromatic heterocycles. The maximum atomic E-state index is 11.7. The number of phenolic OH excluding ortho intramolecular Hbond substituents is 1. The molecule has 1 N–H and O–H groups in total. The lowest BCUT2D eigenvalue weighted by Gasteiger charge is -2.16. The van der Waals surface area contributed by atoms with Crippen molar-refractivity contribution in [2.75, 3.05) is 12.8 Å². The number of hydrogen-bond acceptors (Lipinski definition) is 3. The highest BCUT2D eigenvalue weighted by Crippen LogP contribution is 2.35. The Morgan fingerprint density at radius 3 is 2.30 bits per heavy atom. The van der Waals surface area contributed by atoms with E-state index in [-0.39, 0.29) is 5.92 Å². The highest BCUT2D eigenvalue weighted by molar-refractivity contribution is 9.10. The van der Waals surface area contributed by atoms with Crippen molar-refractivity contribution in [1.29, 1.82) is 0 Å². The van der Waals surface area contributed by atoms with Crippen molar-refractivity contribution in [3.63, 3.8) is 0 Å². The van der Waals surface area contributed by atoms with Crippen LogP contribution in [0.25, 0.3) is 0 Å². The van der Waals surface area contributed by atoms with Crippen molar-refractivity contribution in [3.8, 4) is 5.75 Å². The summed E-state index contributed by atoms with van der Waals surface area (Å²) in [5, 5.41) is 10.3. The molecule has 0 saturated carbocycles. The van der Waals surface area contributed by atoms with E-state index in [0.29, 0.717) is 18.5 Å². The van der Waals surface area contributed by atoms with Gasteiger partial charge in [0.05, 0.1) is 11.1 Å². The second kappa shape index (κ2) is 9.82. The number of benzene rings is 2. The molecule has 0 heterocycles. The molecule has 1 atom stereocenters. The van der Waals surface area contributed by atoms with Gasteiger partial charge in [-0.25, -0.2) is 0 Å². The van der Waals surface area contributed by atoms with Crippen molar-refractivity contribution in [1.82, 2.24) is 0 Å². The molecule has 27 heavy (non-hydrogen) atoms. The summed E-state index contributed by atoms with van der Waals surface area (Å²) in [5.74, 6) is 0.596. The van der Waals surface area contributed by atoms with E-state index < -0.39 is 8.03 Å². The molecule has 2 rings (SSSR count). The van der Waals surface area contributed by atoms with E-state index in [1.807, 2.05) is 13.0 Å². The molecule has 0 fully saturated rings. The normalized spacial score (nSPS) is 11.9. The second-order valence-electron chi connectivity index (χ2n) is 7.28. The van der Waals surface area contributed by atoms with Crippen molar-refractivity contribution < 1.29 is 14.2 Å². The largest absolute Gasteiger partial charge is 0.508 e. The van der Waals surface area contributed by atoms with Gasteiger partial charge in [0.2, 0.25) is 0 Å². The van der Waals surface area contributed by atoms with Crippen LogP contribution in [0.5, 0.6) is 5.75 Å². The minimum absolute atomic E-state index is 0.262. The Kier molecular flexibility index (Phi) is 8.03. The summed E-state index contributed by atoms with van der Waals surface area (Å²) in [6.45, 7) is 10.8. The van der Waals surface area contributed by atoms with E-state index >= 15 is 0 Å². The van der Waals surface area contributed by atoms with Gasteiger partial charge in [0.1, 0.15) is 5.75 Å². The molecule has 0 radical (unpaired) electrons. The SMILES string of the molecule is CCO[P+](=O)CCc1cc(C)c(Cc2cc(Br)c(O)c(C(C)C)c2)c(C)c1. The number of aromatic hydroxyl groups is 1. The summed E-state index contributed by atoms with van der Waals surface area (Å²) in [6, 6.07) is 8.48. The molecule has 0 spiro atoms. The molecule has 0 saturated heterocycles. The van der Waals surface area contributed by atoms with Crippen LogP contribution in [0.3, 0.4) is 0 Å². The summed E-state index contributed by atoms with van der Waals surface area (Å²) in [5.41, 5.74) is 7.14. The van der Waals surface area contributed by atoms with Crippen molar-refractivity contribution in [2.45, 2.75) is 53.4 Å². The third-order valence-corrected chi connectivity index (χ3v) is 6.51. The van der Waals surface area contributed by atoms with Gasteiger partial charge in [-0.3, -0.25) is 0 Å². The maximum Gasteiger partial charge on any atom is 0.508 e. The summed E-state index contributed by atoms with van der Waals surface area (Å²) in [4.78, 5) is 0. The van der Waals surface area contributed by atoms with Gasteiger partial charge in [0.25, 0.3) is 0 Å². The average Bonchev–Trinajstić information content (AvgIpc) is 2.59. The van der Waals surface area contributed by atoms with Crippen molar-refractivity contribution in [2.24, 2.45) is 0 Å². The summed E-state index contributed by atoms with van der Waals surface area (Å²) in [6.07, 6.45) is 2.15. The first kappa shape index (κ1) is 22.1. The van der Waals surface area contributed by atoms with Crippen LogP contribution in [-0.2, 0) is 21.9 Å².